The van der Waals surface area contributed by atoms with E-state index in [9.17, 15) is 5.11 Å². The van der Waals surface area contributed by atoms with Gasteiger partial charge in [0.25, 0.3) is 0 Å². The van der Waals surface area contributed by atoms with Gasteiger partial charge >= 0.3 is 0 Å². The summed E-state index contributed by atoms with van der Waals surface area (Å²) in [5.74, 6) is 0. The standard InChI is InChI=1S/C14H25NO3/c16-13(9-15-12-5-2-1-3-6-12)10-17-11-14-7-4-8-18-14/h1-2,12-16H,3-11H2. The number of allylic oxidation sites excluding steroid dienone is 1. The third-order valence-electron chi connectivity index (χ3n) is 3.55. The van der Waals surface area contributed by atoms with Crippen molar-refractivity contribution in [1.82, 2.24) is 5.32 Å². The highest BCUT2D eigenvalue weighted by atomic mass is 16.5. The van der Waals surface area contributed by atoms with Crippen LogP contribution in [0.5, 0.6) is 0 Å². The first-order valence-corrected chi connectivity index (χ1v) is 7.10. The molecule has 0 saturated carbocycles. The zero-order valence-corrected chi connectivity index (χ0v) is 11.0. The highest BCUT2D eigenvalue weighted by molar-refractivity contribution is 4.93. The Morgan fingerprint density at radius 1 is 1.39 bits per heavy atom. The van der Waals surface area contributed by atoms with Gasteiger partial charge in [0.05, 0.1) is 25.4 Å². The van der Waals surface area contributed by atoms with Crippen LogP contribution in [0, 0.1) is 0 Å². The third kappa shape index (κ3) is 5.06. The summed E-state index contributed by atoms with van der Waals surface area (Å²) >= 11 is 0. The second-order valence-electron chi connectivity index (χ2n) is 5.22. The van der Waals surface area contributed by atoms with Gasteiger partial charge in [-0.05, 0) is 32.1 Å². The lowest BCUT2D eigenvalue weighted by molar-refractivity contribution is -0.0170. The van der Waals surface area contributed by atoms with Crippen LogP contribution in [0.1, 0.15) is 32.1 Å². The summed E-state index contributed by atoms with van der Waals surface area (Å²) in [6.45, 7) is 2.48. The summed E-state index contributed by atoms with van der Waals surface area (Å²) in [6.07, 6.45) is 9.86. The normalized spacial score (nSPS) is 29.6. The van der Waals surface area contributed by atoms with Crippen molar-refractivity contribution in [2.24, 2.45) is 0 Å². The number of ether oxygens (including phenoxy) is 2. The first-order chi connectivity index (χ1) is 8.84. The van der Waals surface area contributed by atoms with Crippen molar-refractivity contribution in [1.29, 1.82) is 0 Å². The molecular formula is C14H25NO3. The molecule has 2 aliphatic rings. The van der Waals surface area contributed by atoms with Crippen molar-refractivity contribution < 1.29 is 14.6 Å². The molecule has 1 aliphatic heterocycles. The highest BCUT2D eigenvalue weighted by Crippen LogP contribution is 2.12. The molecule has 0 radical (unpaired) electrons. The summed E-state index contributed by atoms with van der Waals surface area (Å²) in [7, 11) is 0. The van der Waals surface area contributed by atoms with Crippen LogP contribution < -0.4 is 5.32 Å². The molecule has 0 aromatic rings. The van der Waals surface area contributed by atoms with Gasteiger partial charge < -0.3 is 19.9 Å². The van der Waals surface area contributed by atoms with Crippen LogP contribution in [0.4, 0.5) is 0 Å². The minimum atomic E-state index is -0.419. The van der Waals surface area contributed by atoms with Crippen molar-refractivity contribution >= 4 is 0 Å². The average molecular weight is 255 g/mol. The molecule has 2 rings (SSSR count). The first-order valence-electron chi connectivity index (χ1n) is 7.10. The monoisotopic (exact) mass is 255 g/mol. The maximum Gasteiger partial charge on any atom is 0.0897 e. The van der Waals surface area contributed by atoms with E-state index >= 15 is 0 Å². The predicted molar refractivity (Wildman–Crippen MR) is 70.6 cm³/mol. The van der Waals surface area contributed by atoms with Crippen molar-refractivity contribution in [2.75, 3.05) is 26.4 Å². The molecule has 0 bridgehead atoms. The number of hydrogen-bond donors (Lipinski definition) is 2. The number of aliphatic hydroxyl groups excluding tert-OH is 1. The Labute approximate surface area is 109 Å². The van der Waals surface area contributed by atoms with Gasteiger partial charge in [-0.3, -0.25) is 0 Å². The van der Waals surface area contributed by atoms with Gasteiger partial charge in [-0.25, -0.2) is 0 Å². The van der Waals surface area contributed by atoms with Crippen molar-refractivity contribution in [3.05, 3.63) is 12.2 Å². The topological polar surface area (TPSA) is 50.7 Å². The van der Waals surface area contributed by atoms with Crippen molar-refractivity contribution in [3.8, 4) is 0 Å². The van der Waals surface area contributed by atoms with E-state index in [0.717, 1.165) is 32.3 Å². The minimum Gasteiger partial charge on any atom is -0.389 e. The Kier molecular flexibility index (Phi) is 6.14. The smallest absolute Gasteiger partial charge is 0.0897 e. The van der Waals surface area contributed by atoms with Gasteiger partial charge in [0.2, 0.25) is 0 Å². The van der Waals surface area contributed by atoms with Gasteiger partial charge in [0, 0.05) is 19.2 Å². The molecule has 0 aromatic heterocycles. The molecule has 1 aliphatic carbocycles. The van der Waals surface area contributed by atoms with Crippen LogP contribution in [0.3, 0.4) is 0 Å². The van der Waals surface area contributed by atoms with E-state index in [4.69, 9.17) is 9.47 Å². The lowest BCUT2D eigenvalue weighted by Crippen LogP contribution is -2.38. The Morgan fingerprint density at radius 3 is 3.06 bits per heavy atom. The molecule has 1 heterocycles. The average Bonchev–Trinajstić information content (AvgIpc) is 2.91. The maximum absolute atomic E-state index is 9.81. The SMILES string of the molecule is OC(CNC1CC=CCC1)COCC1CCCO1. The lowest BCUT2D eigenvalue weighted by Gasteiger charge is -2.21. The van der Waals surface area contributed by atoms with E-state index in [1.54, 1.807) is 0 Å². The third-order valence-corrected chi connectivity index (χ3v) is 3.55. The van der Waals surface area contributed by atoms with Crippen LogP contribution in [0.25, 0.3) is 0 Å². The van der Waals surface area contributed by atoms with Crippen LogP contribution >= 0.6 is 0 Å². The quantitative estimate of drug-likeness (QED) is 0.672. The zero-order chi connectivity index (χ0) is 12.6. The van der Waals surface area contributed by atoms with Crippen molar-refractivity contribution in [3.63, 3.8) is 0 Å². The van der Waals surface area contributed by atoms with Crippen LogP contribution in [0.15, 0.2) is 12.2 Å². The van der Waals surface area contributed by atoms with E-state index in [2.05, 4.69) is 17.5 Å². The Bertz CT molecular complexity index is 251. The highest BCUT2D eigenvalue weighted by Gasteiger charge is 2.16. The number of aliphatic hydroxyl groups is 1. The molecule has 18 heavy (non-hydrogen) atoms. The first kappa shape index (κ1) is 14.0. The molecule has 104 valence electrons. The van der Waals surface area contributed by atoms with Gasteiger partial charge in [-0.15, -0.1) is 0 Å². The number of rotatable bonds is 7. The van der Waals surface area contributed by atoms with Gasteiger partial charge in [0.15, 0.2) is 0 Å². The van der Waals surface area contributed by atoms with Crippen LogP contribution in [-0.2, 0) is 9.47 Å². The van der Waals surface area contributed by atoms with E-state index in [1.807, 2.05) is 0 Å². The van der Waals surface area contributed by atoms with Gasteiger partial charge in [0.1, 0.15) is 0 Å². The summed E-state index contributed by atoms with van der Waals surface area (Å²) in [5, 5.41) is 13.2. The molecule has 1 fully saturated rings. The summed E-state index contributed by atoms with van der Waals surface area (Å²) in [6, 6.07) is 0.516. The summed E-state index contributed by atoms with van der Waals surface area (Å²) < 4.78 is 11.0. The molecule has 0 spiro atoms. The number of nitrogens with one attached hydrogen (secondary N) is 1. The minimum absolute atomic E-state index is 0.244. The molecule has 0 amide bonds. The molecule has 3 atom stereocenters. The summed E-state index contributed by atoms with van der Waals surface area (Å²) in [4.78, 5) is 0. The van der Waals surface area contributed by atoms with Crippen molar-refractivity contribution in [2.45, 2.75) is 50.4 Å². The second-order valence-corrected chi connectivity index (χ2v) is 5.22. The van der Waals surface area contributed by atoms with E-state index < -0.39 is 6.10 Å². The second kappa shape index (κ2) is 7.89. The fraction of sp³-hybridized carbons (Fsp3) is 0.857. The summed E-state index contributed by atoms with van der Waals surface area (Å²) in [5.41, 5.74) is 0. The molecular weight excluding hydrogens is 230 g/mol. The Morgan fingerprint density at radius 2 is 2.33 bits per heavy atom. The maximum atomic E-state index is 9.81. The lowest BCUT2D eigenvalue weighted by atomic mass is 10.0. The van der Waals surface area contributed by atoms with Gasteiger partial charge in [-0.1, -0.05) is 12.2 Å². The Hall–Kier alpha value is -0.420. The molecule has 1 saturated heterocycles. The molecule has 4 nitrogen and oxygen atoms in total. The predicted octanol–water partition coefficient (Wildman–Crippen LogP) is 1.24. The fourth-order valence-electron chi connectivity index (χ4n) is 2.45. The van der Waals surface area contributed by atoms with E-state index in [0.29, 0.717) is 25.8 Å². The van der Waals surface area contributed by atoms with E-state index in [-0.39, 0.29) is 6.10 Å². The largest absolute Gasteiger partial charge is 0.389 e. The van der Waals surface area contributed by atoms with Crippen LogP contribution in [-0.4, -0.2) is 49.7 Å². The zero-order valence-electron chi connectivity index (χ0n) is 11.0. The Balaban J connectivity index is 1.49. The fourth-order valence-corrected chi connectivity index (χ4v) is 2.45. The molecule has 3 unspecified atom stereocenters. The van der Waals surface area contributed by atoms with Gasteiger partial charge in [-0.2, -0.15) is 0 Å². The number of hydrogen-bond acceptors (Lipinski definition) is 4. The molecule has 2 N–H and O–H groups in total. The molecule has 0 aromatic carbocycles. The molecule has 4 heteroatoms. The van der Waals surface area contributed by atoms with Crippen LogP contribution in [0.2, 0.25) is 0 Å². The van der Waals surface area contributed by atoms with E-state index in [1.165, 1.54) is 6.42 Å².